The van der Waals surface area contributed by atoms with Crippen LogP contribution in [0, 0.1) is 20.8 Å². The highest BCUT2D eigenvalue weighted by atomic mass is 35.7. The number of rotatable bonds is 2. The molecule has 84 valence electrons. The molecule has 0 aliphatic heterocycles. The maximum atomic E-state index is 11.3. The molecule has 0 radical (unpaired) electrons. The van der Waals surface area contributed by atoms with Gasteiger partial charge in [0.05, 0.1) is 5.25 Å². The average molecular weight is 248 g/mol. The molecular weight excluding hydrogens is 234 g/mol. The minimum absolute atomic E-state index is 0.704. The Morgan fingerprint density at radius 2 is 1.87 bits per heavy atom. The van der Waals surface area contributed by atoms with Crippen LogP contribution < -0.4 is 0 Å². The van der Waals surface area contributed by atoms with E-state index in [1.807, 2.05) is 19.9 Å². The van der Waals surface area contributed by atoms with E-state index in [0.717, 1.165) is 17.0 Å². The lowest BCUT2D eigenvalue weighted by Crippen LogP contribution is -2.09. The lowest BCUT2D eigenvalue weighted by atomic mass is 10.0. The van der Waals surface area contributed by atoms with Gasteiger partial charge in [-0.2, -0.15) is 0 Å². The third-order valence-corrected chi connectivity index (χ3v) is 4.30. The van der Waals surface area contributed by atoms with Crippen molar-refractivity contribution in [2.24, 2.45) is 0 Å². The molecule has 0 aliphatic rings. The van der Waals surface area contributed by atoms with Crippen LogP contribution in [0.2, 0.25) is 0 Å². The standard InChI is InChI=1S/C10H14ClNO2S/c1-6-5-7(2)12-8(3)10(6)9(4)15(11,13)14/h5,9H,1-4H3. The van der Waals surface area contributed by atoms with Crippen molar-refractivity contribution in [1.82, 2.24) is 4.98 Å². The molecule has 15 heavy (non-hydrogen) atoms. The second kappa shape index (κ2) is 4.10. The molecule has 0 spiro atoms. The first kappa shape index (κ1) is 12.5. The molecule has 0 saturated carbocycles. The predicted octanol–water partition coefficient (Wildman–Crippen LogP) is 2.64. The summed E-state index contributed by atoms with van der Waals surface area (Å²) in [4.78, 5) is 4.25. The first-order valence-corrected chi connectivity index (χ1v) is 6.99. The maximum Gasteiger partial charge on any atom is 0.239 e. The summed E-state index contributed by atoms with van der Waals surface area (Å²) in [6.07, 6.45) is 0. The molecule has 1 rings (SSSR count). The normalized spacial score (nSPS) is 13.9. The van der Waals surface area contributed by atoms with Crippen molar-refractivity contribution in [2.75, 3.05) is 0 Å². The van der Waals surface area contributed by atoms with Crippen molar-refractivity contribution in [3.63, 3.8) is 0 Å². The van der Waals surface area contributed by atoms with Gasteiger partial charge in [0, 0.05) is 22.1 Å². The van der Waals surface area contributed by atoms with Gasteiger partial charge in [0.15, 0.2) is 0 Å². The average Bonchev–Trinajstić information content (AvgIpc) is 1.99. The number of halogens is 1. The van der Waals surface area contributed by atoms with E-state index in [2.05, 4.69) is 4.98 Å². The summed E-state index contributed by atoms with van der Waals surface area (Å²) in [6.45, 7) is 7.13. The minimum Gasteiger partial charge on any atom is -0.258 e. The highest BCUT2D eigenvalue weighted by Gasteiger charge is 2.23. The number of pyridine rings is 1. The monoisotopic (exact) mass is 247 g/mol. The zero-order valence-electron chi connectivity index (χ0n) is 9.20. The van der Waals surface area contributed by atoms with Gasteiger partial charge in [0.25, 0.3) is 0 Å². The van der Waals surface area contributed by atoms with Crippen LogP contribution in [0.1, 0.15) is 34.7 Å². The fourth-order valence-electron chi connectivity index (χ4n) is 1.79. The van der Waals surface area contributed by atoms with Crippen molar-refractivity contribution >= 4 is 19.7 Å². The summed E-state index contributed by atoms with van der Waals surface area (Å²) in [5.41, 5.74) is 3.23. The number of nitrogens with zero attached hydrogens (tertiary/aromatic N) is 1. The molecule has 0 bridgehead atoms. The largest absolute Gasteiger partial charge is 0.258 e. The van der Waals surface area contributed by atoms with Crippen LogP contribution in [0.25, 0.3) is 0 Å². The van der Waals surface area contributed by atoms with E-state index in [1.165, 1.54) is 0 Å². The molecule has 1 aromatic heterocycles. The second-order valence-electron chi connectivity index (χ2n) is 3.70. The van der Waals surface area contributed by atoms with E-state index in [-0.39, 0.29) is 0 Å². The topological polar surface area (TPSA) is 47.0 Å². The molecule has 0 saturated heterocycles. The molecule has 0 amide bonds. The number of aromatic nitrogens is 1. The van der Waals surface area contributed by atoms with Gasteiger partial charge in [0.1, 0.15) is 0 Å². The molecule has 1 atom stereocenters. The molecular formula is C10H14ClNO2S. The maximum absolute atomic E-state index is 11.3. The summed E-state index contributed by atoms with van der Waals surface area (Å²) >= 11 is 0. The van der Waals surface area contributed by atoms with Crippen molar-refractivity contribution in [2.45, 2.75) is 32.9 Å². The van der Waals surface area contributed by atoms with E-state index in [9.17, 15) is 8.42 Å². The quantitative estimate of drug-likeness (QED) is 0.755. The predicted molar refractivity (Wildman–Crippen MR) is 61.6 cm³/mol. The van der Waals surface area contributed by atoms with Gasteiger partial charge in [-0.25, -0.2) is 8.42 Å². The first-order chi connectivity index (χ1) is 6.73. The lowest BCUT2D eigenvalue weighted by Gasteiger charge is -2.14. The van der Waals surface area contributed by atoms with E-state index >= 15 is 0 Å². The van der Waals surface area contributed by atoms with Crippen LogP contribution in [0.4, 0.5) is 0 Å². The van der Waals surface area contributed by atoms with Crippen LogP contribution in [0.15, 0.2) is 6.07 Å². The number of hydrogen-bond donors (Lipinski definition) is 0. The van der Waals surface area contributed by atoms with Crippen molar-refractivity contribution < 1.29 is 8.42 Å². The van der Waals surface area contributed by atoms with Gasteiger partial charge >= 0.3 is 0 Å². The summed E-state index contributed by atoms with van der Waals surface area (Å²) in [7, 11) is 1.76. The lowest BCUT2D eigenvalue weighted by molar-refractivity contribution is 0.599. The van der Waals surface area contributed by atoms with Crippen LogP contribution in [0.5, 0.6) is 0 Å². The Hall–Kier alpha value is -0.610. The Kier molecular flexibility index (Phi) is 3.41. The number of aryl methyl sites for hydroxylation is 3. The van der Waals surface area contributed by atoms with Gasteiger partial charge in [-0.1, -0.05) is 0 Å². The highest BCUT2D eigenvalue weighted by Crippen LogP contribution is 2.29. The Balaban J connectivity index is 3.39. The Morgan fingerprint density at radius 1 is 1.33 bits per heavy atom. The van der Waals surface area contributed by atoms with Crippen LogP contribution >= 0.6 is 10.7 Å². The van der Waals surface area contributed by atoms with E-state index < -0.39 is 14.3 Å². The SMILES string of the molecule is Cc1cc(C)c(C(C)S(=O)(=O)Cl)c(C)n1. The molecule has 0 fully saturated rings. The van der Waals surface area contributed by atoms with Gasteiger partial charge < -0.3 is 0 Å². The molecule has 3 nitrogen and oxygen atoms in total. The zero-order chi connectivity index (χ0) is 11.8. The summed E-state index contributed by atoms with van der Waals surface area (Å²) in [5, 5.41) is -0.715. The van der Waals surface area contributed by atoms with Crippen molar-refractivity contribution in [3.05, 3.63) is 28.6 Å². The Morgan fingerprint density at radius 3 is 2.27 bits per heavy atom. The molecule has 0 aliphatic carbocycles. The molecule has 5 heteroatoms. The Labute approximate surface area is 94.9 Å². The second-order valence-corrected chi connectivity index (χ2v) is 6.65. The first-order valence-electron chi connectivity index (χ1n) is 4.61. The van der Waals surface area contributed by atoms with Gasteiger partial charge in [-0.15, -0.1) is 0 Å². The van der Waals surface area contributed by atoms with Crippen molar-refractivity contribution in [1.29, 1.82) is 0 Å². The number of hydrogen-bond acceptors (Lipinski definition) is 3. The molecule has 0 aromatic carbocycles. The highest BCUT2D eigenvalue weighted by molar-refractivity contribution is 8.13. The molecule has 0 N–H and O–H groups in total. The minimum atomic E-state index is -3.58. The summed E-state index contributed by atoms with van der Waals surface area (Å²) in [5.74, 6) is 0. The van der Waals surface area contributed by atoms with Gasteiger partial charge in [0.2, 0.25) is 9.05 Å². The summed E-state index contributed by atoms with van der Waals surface area (Å²) < 4.78 is 22.5. The van der Waals surface area contributed by atoms with Crippen LogP contribution in [-0.4, -0.2) is 13.4 Å². The fourth-order valence-corrected chi connectivity index (χ4v) is 2.69. The van der Waals surface area contributed by atoms with E-state index in [4.69, 9.17) is 10.7 Å². The Bertz CT molecular complexity index is 459. The van der Waals surface area contributed by atoms with E-state index in [1.54, 1.807) is 13.8 Å². The van der Waals surface area contributed by atoms with Crippen LogP contribution in [-0.2, 0) is 9.05 Å². The van der Waals surface area contributed by atoms with Crippen molar-refractivity contribution in [3.8, 4) is 0 Å². The third-order valence-electron chi connectivity index (χ3n) is 2.41. The van der Waals surface area contributed by atoms with Gasteiger partial charge in [-0.3, -0.25) is 4.98 Å². The summed E-state index contributed by atoms with van der Waals surface area (Å²) in [6, 6.07) is 1.86. The molecule has 1 heterocycles. The van der Waals surface area contributed by atoms with Crippen LogP contribution in [0.3, 0.4) is 0 Å². The van der Waals surface area contributed by atoms with E-state index in [0.29, 0.717) is 5.56 Å². The fraction of sp³-hybridized carbons (Fsp3) is 0.500. The zero-order valence-corrected chi connectivity index (χ0v) is 10.8. The smallest absolute Gasteiger partial charge is 0.239 e. The third kappa shape index (κ3) is 2.69. The molecule has 1 unspecified atom stereocenters. The van der Waals surface area contributed by atoms with Gasteiger partial charge in [-0.05, 0) is 44.9 Å². The molecule has 1 aromatic rings.